The highest BCUT2D eigenvalue weighted by Crippen LogP contribution is 2.43. The lowest BCUT2D eigenvalue weighted by molar-refractivity contribution is -0.161. The van der Waals surface area contributed by atoms with Gasteiger partial charge in [0.25, 0.3) is 0 Å². The molecule has 1 aromatic rings. The van der Waals surface area contributed by atoms with Crippen LogP contribution in [0.25, 0.3) is 0 Å². The molecule has 1 aromatic carbocycles. The number of hydrogen-bond acceptors (Lipinski definition) is 15. The molecule has 1 aliphatic carbocycles. The summed E-state index contributed by atoms with van der Waals surface area (Å²) >= 11 is 0. The summed E-state index contributed by atoms with van der Waals surface area (Å²) < 4.78 is 39.5. The van der Waals surface area contributed by atoms with E-state index in [1.165, 1.54) is 141 Å². The lowest BCUT2D eigenvalue weighted by Gasteiger charge is -2.25. The Morgan fingerprint density at radius 2 is 0.975 bits per heavy atom. The van der Waals surface area contributed by atoms with Crippen LogP contribution in [0.3, 0.4) is 0 Å². The molecule has 0 saturated heterocycles. The fourth-order valence-corrected chi connectivity index (χ4v) is 10.6. The summed E-state index contributed by atoms with van der Waals surface area (Å²) in [5.74, 6) is -3.85. The van der Waals surface area contributed by atoms with Gasteiger partial charge in [-0.25, -0.2) is 4.57 Å². The highest BCUT2D eigenvalue weighted by molar-refractivity contribution is 7.47. The van der Waals surface area contributed by atoms with Gasteiger partial charge in [0.05, 0.1) is 44.1 Å². The first-order chi connectivity index (χ1) is 38.2. The summed E-state index contributed by atoms with van der Waals surface area (Å²) in [5, 5.41) is 55.8. The van der Waals surface area contributed by atoms with Crippen LogP contribution >= 0.6 is 7.82 Å². The van der Waals surface area contributed by atoms with Crippen molar-refractivity contribution in [1.82, 2.24) is 10.6 Å². The number of aliphatic hydroxyl groups excluding tert-OH is 5. The average molecular weight is 1140 g/mol. The minimum atomic E-state index is -4.69. The highest BCUT2D eigenvalue weighted by Gasteiger charge is 2.52. The molecule has 1 fully saturated rings. The number of phosphoric ester groups is 1. The Morgan fingerprint density at radius 1 is 0.544 bits per heavy atom. The molecule has 2 amide bonds. The van der Waals surface area contributed by atoms with Crippen molar-refractivity contribution in [3.8, 4) is 5.75 Å². The van der Waals surface area contributed by atoms with Crippen molar-refractivity contribution >= 4 is 31.6 Å². The first kappa shape index (κ1) is 71.9. The molecule has 1 aliphatic rings. The number of ether oxygens (including phenoxy) is 3. The molecule has 19 heteroatoms. The van der Waals surface area contributed by atoms with Crippen LogP contribution in [0, 0.1) is 11.8 Å². The third kappa shape index (κ3) is 36.1. The molecule has 0 heterocycles. The molecule has 0 aliphatic heterocycles. The molecular weight excluding hydrogens is 1040 g/mol. The highest BCUT2D eigenvalue weighted by atomic mass is 31.2. The van der Waals surface area contributed by atoms with Crippen LogP contribution in [0.1, 0.15) is 238 Å². The van der Waals surface area contributed by atoms with Gasteiger partial charge in [-0.2, -0.15) is 0 Å². The SMILES string of the molecule is CCCCCCCCCCCCCCCCCC(=O)OCC(COP(=O)(O)OCCNC(=O)CCC(=O)NCCc1ccc(OC(O)C2C(O)C(CO)[C@@H](O)C2O)cc1)OC(=O)CCCCCCCCCCCCCCCCC. The summed E-state index contributed by atoms with van der Waals surface area (Å²) in [5.41, 5.74) is 0.813. The van der Waals surface area contributed by atoms with Gasteiger partial charge >= 0.3 is 19.8 Å². The van der Waals surface area contributed by atoms with Crippen molar-refractivity contribution in [3.63, 3.8) is 0 Å². The quantitative estimate of drug-likeness (QED) is 0.0130. The third-order valence-corrected chi connectivity index (χ3v) is 15.8. The zero-order valence-electron chi connectivity index (χ0n) is 48.6. The van der Waals surface area contributed by atoms with E-state index < -0.39 is 88.0 Å². The number of carbonyl (C=O) groups excluding carboxylic acids is 4. The minimum Gasteiger partial charge on any atom is -0.465 e. The molecule has 0 spiro atoms. The number of amides is 2. The van der Waals surface area contributed by atoms with E-state index in [1.807, 2.05) is 0 Å². The third-order valence-electron chi connectivity index (χ3n) is 14.9. The lowest BCUT2D eigenvalue weighted by atomic mass is 10.00. The molecule has 0 bridgehead atoms. The second-order valence-corrected chi connectivity index (χ2v) is 23.2. The van der Waals surface area contributed by atoms with E-state index in [0.29, 0.717) is 19.3 Å². The van der Waals surface area contributed by atoms with Crippen molar-refractivity contribution in [1.29, 1.82) is 0 Å². The molecule has 2 rings (SSSR count). The number of rotatable bonds is 52. The summed E-state index contributed by atoms with van der Waals surface area (Å²) in [7, 11) is -4.69. The van der Waals surface area contributed by atoms with Crippen molar-refractivity contribution < 1.29 is 77.4 Å². The summed E-state index contributed by atoms with van der Waals surface area (Å²) in [6, 6.07) is 6.51. The van der Waals surface area contributed by atoms with E-state index in [2.05, 4.69) is 24.5 Å². The normalized spacial score (nSPS) is 18.7. The van der Waals surface area contributed by atoms with Crippen LogP contribution in [-0.4, -0.2) is 124 Å². The molecule has 0 aromatic heterocycles. The second-order valence-electron chi connectivity index (χ2n) is 21.8. The van der Waals surface area contributed by atoms with E-state index in [9.17, 15) is 54.2 Å². The first-order valence-corrected chi connectivity index (χ1v) is 32.3. The number of aliphatic hydroxyl groups is 5. The van der Waals surface area contributed by atoms with E-state index >= 15 is 0 Å². The van der Waals surface area contributed by atoms with Gasteiger partial charge in [-0.3, -0.25) is 28.2 Å². The predicted octanol–water partition coefficient (Wildman–Crippen LogP) is 10.4. The minimum absolute atomic E-state index is 0.118. The van der Waals surface area contributed by atoms with E-state index in [-0.39, 0.29) is 57.0 Å². The van der Waals surface area contributed by atoms with E-state index in [0.717, 1.165) is 44.1 Å². The molecule has 18 nitrogen and oxygen atoms in total. The first-order valence-electron chi connectivity index (χ1n) is 30.8. The Balaban J connectivity index is 1.68. The van der Waals surface area contributed by atoms with Gasteiger partial charge in [0, 0.05) is 44.7 Å². The molecule has 0 radical (unpaired) electrons. The van der Waals surface area contributed by atoms with Crippen LogP contribution in [-0.2, 0) is 48.7 Å². The van der Waals surface area contributed by atoms with Gasteiger partial charge < -0.3 is 55.3 Å². The number of carbonyl (C=O) groups is 4. The Kier molecular flexibility index (Phi) is 42.2. The molecule has 7 unspecified atom stereocenters. The maximum Gasteiger partial charge on any atom is 0.472 e. The van der Waals surface area contributed by atoms with Gasteiger partial charge in [0.15, 0.2) is 6.10 Å². The Morgan fingerprint density at radius 3 is 1.42 bits per heavy atom. The molecule has 1 saturated carbocycles. The Labute approximate surface area is 474 Å². The van der Waals surface area contributed by atoms with Gasteiger partial charge in [-0.1, -0.05) is 206 Å². The van der Waals surface area contributed by atoms with Crippen LogP contribution < -0.4 is 15.4 Å². The van der Waals surface area contributed by atoms with Crippen LogP contribution in [0.2, 0.25) is 0 Å². The average Bonchev–Trinajstić information content (AvgIpc) is 3.68. The van der Waals surface area contributed by atoms with Crippen LogP contribution in [0.4, 0.5) is 0 Å². The maximum absolute atomic E-state index is 12.9. The Hall–Kier alpha value is -3.19. The smallest absolute Gasteiger partial charge is 0.465 e. The van der Waals surface area contributed by atoms with Crippen LogP contribution in [0.5, 0.6) is 5.75 Å². The zero-order valence-corrected chi connectivity index (χ0v) is 49.4. The van der Waals surface area contributed by atoms with E-state index in [4.69, 9.17) is 23.3 Å². The number of esters is 2. The summed E-state index contributed by atoms with van der Waals surface area (Å²) in [4.78, 5) is 60.9. The van der Waals surface area contributed by atoms with E-state index in [1.54, 1.807) is 24.3 Å². The van der Waals surface area contributed by atoms with Crippen LogP contribution in [0.15, 0.2) is 24.3 Å². The largest absolute Gasteiger partial charge is 0.472 e. The number of nitrogens with one attached hydrogen (secondary N) is 2. The van der Waals surface area contributed by atoms with Crippen molar-refractivity contribution in [2.75, 3.05) is 39.5 Å². The summed E-state index contributed by atoms with van der Waals surface area (Å²) in [6.45, 7) is 2.70. The van der Waals surface area contributed by atoms with Gasteiger partial charge in [-0.05, 0) is 37.0 Å². The number of hydrogen-bond donors (Lipinski definition) is 8. The van der Waals surface area contributed by atoms with Crippen molar-refractivity contribution in [2.24, 2.45) is 11.8 Å². The molecule has 79 heavy (non-hydrogen) atoms. The van der Waals surface area contributed by atoms with Crippen molar-refractivity contribution in [2.45, 2.75) is 269 Å². The fourth-order valence-electron chi connectivity index (χ4n) is 9.89. The lowest BCUT2D eigenvalue weighted by Crippen LogP contribution is -2.40. The Bertz CT molecular complexity index is 1760. The maximum atomic E-state index is 12.9. The standard InChI is InChI=1S/C60H107N2O16P/c1-3-5-7-9-11-13-15-17-19-21-23-25-27-29-31-33-54(66)74-46-50(77-55(67)34-32-30-28-26-24-22-20-18-16-14-12-10-8-6-4-2)47-76-79(72,73)75-44-43-62-53(65)40-39-52(64)61-42-41-48-35-37-49(38-36-48)78-60(71)56-57(68)51(45-63)58(69)59(56)70/h35-38,50-51,56-60,63,68-71H,3-34,39-47H2,1-2H3,(H,61,64)(H,62,65)(H,72,73)/t50?,51?,56?,57?,58-,59?,60?/m1/s1. The van der Waals surface area contributed by atoms with Crippen molar-refractivity contribution in [3.05, 3.63) is 29.8 Å². The van der Waals surface area contributed by atoms with Gasteiger partial charge in [0.1, 0.15) is 12.4 Å². The van der Waals surface area contributed by atoms with Gasteiger partial charge in [0.2, 0.25) is 18.1 Å². The molecular formula is C60H107N2O16P. The number of unbranched alkanes of at least 4 members (excludes halogenated alkanes) is 28. The number of benzene rings is 1. The molecule has 8 N–H and O–H groups in total. The topological polar surface area (TPSA) is 277 Å². The monoisotopic (exact) mass is 1140 g/mol. The number of phosphoric acid groups is 1. The predicted molar refractivity (Wildman–Crippen MR) is 306 cm³/mol. The fraction of sp³-hybridized carbons (Fsp3) is 0.833. The molecule has 458 valence electrons. The molecule has 8 atom stereocenters. The summed E-state index contributed by atoms with van der Waals surface area (Å²) in [6.07, 6.45) is 29.5. The second kappa shape index (κ2) is 46.3. The van der Waals surface area contributed by atoms with Gasteiger partial charge in [-0.15, -0.1) is 0 Å². The zero-order chi connectivity index (χ0) is 57.8.